The zero-order valence-corrected chi connectivity index (χ0v) is 11.9. The predicted molar refractivity (Wildman–Crippen MR) is 18.1 cm³/mol. The minimum atomic E-state index is 0. The van der Waals surface area contributed by atoms with Crippen LogP contribution >= 0.6 is 0 Å². The van der Waals surface area contributed by atoms with Crippen LogP contribution in [0.5, 0.6) is 0 Å². The molecule has 0 saturated carbocycles. The second kappa shape index (κ2) is 162. The average molecular weight is 306 g/mol. The molecular formula is H10MnO5Ti2Zn+4. The average Bonchev–Trinajstić information content (AvgIpc) is 0. The molecule has 0 rings (SSSR count). The van der Waals surface area contributed by atoms with E-state index < -0.39 is 0 Å². The van der Waals surface area contributed by atoms with E-state index in [1.54, 1.807) is 0 Å². The molecule has 0 aromatic rings. The minimum Gasteiger partial charge on any atom is -0.412 e. The summed E-state index contributed by atoms with van der Waals surface area (Å²) in [6.45, 7) is 0. The van der Waals surface area contributed by atoms with Gasteiger partial charge in [-0.1, -0.05) is 0 Å². The van der Waals surface area contributed by atoms with Crippen molar-refractivity contribution < 1.29 is 107 Å². The molecule has 10 N–H and O–H groups in total. The van der Waals surface area contributed by atoms with E-state index in [9.17, 15) is 0 Å². The molecule has 1 radical (unpaired) electrons. The third-order valence-electron chi connectivity index (χ3n) is 0. The molecule has 0 aliphatic carbocycles. The Morgan fingerprint density at radius 1 is 0.444 bits per heavy atom. The molecule has 9 heteroatoms. The monoisotopic (exact) mass is 305 g/mol. The van der Waals surface area contributed by atoms with Crippen molar-refractivity contribution in [1.29, 1.82) is 0 Å². The second-order valence-corrected chi connectivity index (χ2v) is 0. The van der Waals surface area contributed by atoms with Crippen LogP contribution in [0.2, 0.25) is 0 Å². The summed E-state index contributed by atoms with van der Waals surface area (Å²) in [5.74, 6) is 0. The third kappa shape index (κ3) is 129. The van der Waals surface area contributed by atoms with Crippen LogP contribution in [0.3, 0.4) is 0 Å². The zero-order valence-electron chi connectivity index (χ0n) is 4.59. The molecule has 0 bridgehead atoms. The SMILES string of the molecule is O.O.O.O.O.[Mn+2].[Ti].[Ti].[Zn+2]. The van der Waals surface area contributed by atoms with Gasteiger partial charge in [0.15, 0.2) is 0 Å². The smallest absolute Gasteiger partial charge is 0.412 e. The summed E-state index contributed by atoms with van der Waals surface area (Å²) in [6.07, 6.45) is 0. The molecule has 0 fully saturated rings. The van der Waals surface area contributed by atoms with Crippen LogP contribution in [0.25, 0.3) is 0 Å². The van der Waals surface area contributed by atoms with Gasteiger partial charge in [-0.3, -0.25) is 0 Å². The minimum absolute atomic E-state index is 0. The van der Waals surface area contributed by atoms with Gasteiger partial charge < -0.3 is 27.4 Å². The van der Waals surface area contributed by atoms with Gasteiger partial charge in [-0.25, -0.2) is 0 Å². The number of hydrogen-bond donors (Lipinski definition) is 0. The molecule has 0 heterocycles. The molecule has 0 aliphatic heterocycles. The van der Waals surface area contributed by atoms with Gasteiger partial charge in [0.05, 0.1) is 0 Å². The van der Waals surface area contributed by atoms with E-state index in [0.29, 0.717) is 0 Å². The van der Waals surface area contributed by atoms with Gasteiger partial charge in [0, 0.05) is 43.4 Å². The molecule has 0 aliphatic rings. The standard InChI is InChI=1S/Mn.5H2O.2Ti.Zn/h;5*1H2;;;/q+2;;;;;;;;+2. The van der Waals surface area contributed by atoms with Crippen molar-refractivity contribution in [2.24, 2.45) is 0 Å². The van der Waals surface area contributed by atoms with Crippen molar-refractivity contribution in [1.82, 2.24) is 0 Å². The van der Waals surface area contributed by atoms with Gasteiger partial charge in [0.25, 0.3) is 0 Å². The van der Waals surface area contributed by atoms with Gasteiger partial charge in [-0.2, -0.15) is 0 Å². The molecule has 0 saturated heterocycles. The Morgan fingerprint density at radius 3 is 0.444 bits per heavy atom. The normalized spacial score (nSPS) is 0. The van der Waals surface area contributed by atoms with E-state index in [4.69, 9.17) is 0 Å². The summed E-state index contributed by atoms with van der Waals surface area (Å²) < 4.78 is 0. The summed E-state index contributed by atoms with van der Waals surface area (Å²) in [7, 11) is 0. The Bertz CT molecular complexity index is 14.9. The first-order valence-electron chi connectivity index (χ1n) is 0. The topological polar surface area (TPSA) is 158 Å². The van der Waals surface area contributed by atoms with E-state index in [0.717, 1.165) is 0 Å². The Kier molecular flexibility index (Phi) is 3910. The first kappa shape index (κ1) is 218. The van der Waals surface area contributed by atoms with Crippen LogP contribution in [-0.2, 0) is 80.0 Å². The van der Waals surface area contributed by atoms with Crippen molar-refractivity contribution >= 4 is 0 Å². The Labute approximate surface area is 106 Å². The van der Waals surface area contributed by atoms with Crippen LogP contribution in [0.4, 0.5) is 0 Å². The molecule has 0 aromatic heterocycles. The quantitative estimate of drug-likeness (QED) is 0.398. The molecule has 0 amide bonds. The zero-order chi connectivity index (χ0) is 0. The summed E-state index contributed by atoms with van der Waals surface area (Å²) in [4.78, 5) is 0. The van der Waals surface area contributed by atoms with E-state index in [2.05, 4.69) is 0 Å². The van der Waals surface area contributed by atoms with Crippen LogP contribution in [0.1, 0.15) is 0 Å². The number of rotatable bonds is 0. The molecule has 9 heavy (non-hydrogen) atoms. The van der Waals surface area contributed by atoms with Crippen molar-refractivity contribution in [3.05, 3.63) is 0 Å². The summed E-state index contributed by atoms with van der Waals surface area (Å²) >= 11 is 0. The second-order valence-electron chi connectivity index (χ2n) is 0. The van der Waals surface area contributed by atoms with E-state index >= 15 is 0 Å². The molecule has 5 nitrogen and oxygen atoms in total. The van der Waals surface area contributed by atoms with E-state index in [-0.39, 0.29) is 107 Å². The summed E-state index contributed by atoms with van der Waals surface area (Å²) in [6, 6.07) is 0. The Morgan fingerprint density at radius 2 is 0.444 bits per heavy atom. The molecular weight excluding hydrogens is 296 g/mol. The summed E-state index contributed by atoms with van der Waals surface area (Å²) in [5.41, 5.74) is 0. The fraction of sp³-hybridized carbons (Fsp3) is 0. The molecule has 0 unspecified atom stereocenters. The number of hydrogen-bond acceptors (Lipinski definition) is 0. The van der Waals surface area contributed by atoms with E-state index in [1.165, 1.54) is 0 Å². The summed E-state index contributed by atoms with van der Waals surface area (Å²) in [5, 5.41) is 0. The maximum Gasteiger partial charge on any atom is 2.00 e. The predicted octanol–water partition coefficient (Wildman–Crippen LogP) is -4.13. The fourth-order valence-electron chi connectivity index (χ4n) is 0. The largest absolute Gasteiger partial charge is 2.00 e. The molecule has 53 valence electrons. The molecule has 0 spiro atoms. The van der Waals surface area contributed by atoms with Crippen molar-refractivity contribution in [2.45, 2.75) is 0 Å². The molecule has 0 aromatic carbocycles. The maximum atomic E-state index is 0. The van der Waals surface area contributed by atoms with Crippen LogP contribution < -0.4 is 0 Å². The first-order chi connectivity index (χ1) is 0. The Hall–Kier alpha value is 2.37. The van der Waals surface area contributed by atoms with Crippen molar-refractivity contribution in [2.75, 3.05) is 0 Å². The van der Waals surface area contributed by atoms with Gasteiger partial charge in [0.2, 0.25) is 0 Å². The van der Waals surface area contributed by atoms with Crippen molar-refractivity contribution in [3.8, 4) is 0 Å². The first-order valence-corrected chi connectivity index (χ1v) is 0. The van der Waals surface area contributed by atoms with Gasteiger partial charge in [-0.15, -0.1) is 0 Å². The van der Waals surface area contributed by atoms with Crippen LogP contribution in [0, 0.1) is 0 Å². The van der Waals surface area contributed by atoms with Crippen molar-refractivity contribution in [3.63, 3.8) is 0 Å². The maximum absolute atomic E-state index is 0. The van der Waals surface area contributed by atoms with Gasteiger partial charge in [-0.05, 0) is 0 Å². The van der Waals surface area contributed by atoms with Gasteiger partial charge in [0.1, 0.15) is 0 Å². The van der Waals surface area contributed by atoms with Crippen LogP contribution in [-0.4, -0.2) is 27.4 Å². The van der Waals surface area contributed by atoms with Gasteiger partial charge >= 0.3 is 36.5 Å². The Balaban J connectivity index is 0. The van der Waals surface area contributed by atoms with E-state index in [1.807, 2.05) is 0 Å². The van der Waals surface area contributed by atoms with Crippen LogP contribution in [0.15, 0.2) is 0 Å². The third-order valence-corrected chi connectivity index (χ3v) is 0. The fourth-order valence-corrected chi connectivity index (χ4v) is 0. The molecule has 0 atom stereocenters.